The van der Waals surface area contributed by atoms with Crippen molar-refractivity contribution in [2.24, 2.45) is 0 Å². The Bertz CT molecular complexity index is 479. The lowest BCUT2D eigenvalue weighted by Crippen LogP contribution is -2.09. The molecule has 0 spiro atoms. The Kier molecular flexibility index (Phi) is 3.44. The molecule has 2 aromatic heterocycles. The molecule has 0 bridgehead atoms. The molecule has 0 aliphatic carbocycles. The van der Waals surface area contributed by atoms with Crippen LogP contribution in [0.3, 0.4) is 0 Å². The van der Waals surface area contributed by atoms with Crippen molar-refractivity contribution in [2.45, 2.75) is 12.8 Å². The number of carbonyl (C=O) groups is 1. The van der Waals surface area contributed by atoms with Gasteiger partial charge in [0, 0.05) is 31.2 Å². The van der Waals surface area contributed by atoms with Gasteiger partial charge < -0.3 is 4.74 Å². The Labute approximate surface area is 98.3 Å². The standard InChI is InChI=1S/C11H12N4O2/c1-17-11-13-6-9(7-14-11)2-3-10(16)15-5-4-12-8-15/h4-8H,2-3H2,1H3. The summed E-state index contributed by atoms with van der Waals surface area (Å²) < 4.78 is 6.31. The first-order valence-corrected chi connectivity index (χ1v) is 5.15. The molecule has 0 aliphatic rings. The molecule has 0 amide bonds. The number of imidazole rings is 1. The summed E-state index contributed by atoms with van der Waals surface area (Å²) in [5.74, 6) is -0.00156. The van der Waals surface area contributed by atoms with Gasteiger partial charge in [0.15, 0.2) is 0 Å². The van der Waals surface area contributed by atoms with Gasteiger partial charge in [-0.05, 0) is 12.0 Å². The van der Waals surface area contributed by atoms with Gasteiger partial charge in [-0.3, -0.25) is 9.36 Å². The minimum absolute atomic E-state index is 0.00156. The summed E-state index contributed by atoms with van der Waals surface area (Å²) in [6.07, 6.45) is 9.02. The lowest BCUT2D eigenvalue weighted by Gasteiger charge is -2.02. The molecule has 2 heterocycles. The summed E-state index contributed by atoms with van der Waals surface area (Å²) in [5.41, 5.74) is 0.902. The van der Waals surface area contributed by atoms with Crippen molar-refractivity contribution < 1.29 is 9.53 Å². The zero-order valence-electron chi connectivity index (χ0n) is 9.41. The minimum Gasteiger partial charge on any atom is -0.467 e. The number of methoxy groups -OCH3 is 1. The van der Waals surface area contributed by atoms with E-state index in [4.69, 9.17) is 4.74 Å². The second kappa shape index (κ2) is 5.20. The molecule has 2 rings (SSSR count). The first-order valence-electron chi connectivity index (χ1n) is 5.15. The summed E-state index contributed by atoms with van der Waals surface area (Å²) in [6.45, 7) is 0. The van der Waals surface area contributed by atoms with Crippen LogP contribution in [0.5, 0.6) is 6.01 Å². The fourth-order valence-electron chi connectivity index (χ4n) is 1.36. The topological polar surface area (TPSA) is 69.9 Å². The third kappa shape index (κ3) is 2.87. The number of aryl methyl sites for hydroxylation is 1. The quantitative estimate of drug-likeness (QED) is 0.785. The molecule has 0 fully saturated rings. The predicted molar refractivity (Wildman–Crippen MR) is 59.8 cm³/mol. The normalized spacial score (nSPS) is 10.2. The second-order valence-corrected chi connectivity index (χ2v) is 3.44. The Morgan fingerprint density at radius 1 is 1.41 bits per heavy atom. The van der Waals surface area contributed by atoms with Gasteiger partial charge in [0.1, 0.15) is 6.33 Å². The van der Waals surface area contributed by atoms with E-state index >= 15 is 0 Å². The first kappa shape index (κ1) is 11.3. The van der Waals surface area contributed by atoms with Crippen LogP contribution >= 0.6 is 0 Å². The van der Waals surface area contributed by atoms with E-state index in [1.807, 2.05) is 0 Å². The van der Waals surface area contributed by atoms with Gasteiger partial charge in [-0.25, -0.2) is 15.0 Å². The van der Waals surface area contributed by atoms with Gasteiger partial charge in [-0.1, -0.05) is 0 Å². The molecule has 0 atom stereocenters. The van der Waals surface area contributed by atoms with Gasteiger partial charge in [0.25, 0.3) is 0 Å². The zero-order valence-corrected chi connectivity index (χ0v) is 9.41. The highest BCUT2D eigenvalue weighted by atomic mass is 16.5. The maximum atomic E-state index is 11.7. The molecule has 2 aromatic rings. The van der Waals surface area contributed by atoms with Crippen molar-refractivity contribution >= 4 is 5.91 Å². The first-order chi connectivity index (χ1) is 8.29. The SMILES string of the molecule is COc1ncc(CCC(=O)n2ccnc2)cn1. The van der Waals surface area contributed by atoms with Crippen LogP contribution < -0.4 is 4.74 Å². The van der Waals surface area contributed by atoms with Crippen molar-refractivity contribution in [2.75, 3.05) is 7.11 Å². The average Bonchev–Trinajstić information content (AvgIpc) is 2.90. The highest BCUT2D eigenvalue weighted by molar-refractivity contribution is 5.78. The van der Waals surface area contributed by atoms with E-state index in [1.165, 1.54) is 18.0 Å². The van der Waals surface area contributed by atoms with E-state index < -0.39 is 0 Å². The van der Waals surface area contributed by atoms with Crippen LogP contribution in [-0.2, 0) is 6.42 Å². The maximum absolute atomic E-state index is 11.7. The smallest absolute Gasteiger partial charge is 0.316 e. The van der Waals surface area contributed by atoms with Crippen molar-refractivity contribution in [3.63, 3.8) is 0 Å². The molecular weight excluding hydrogens is 220 g/mol. The Hall–Kier alpha value is -2.24. The third-order valence-corrected chi connectivity index (χ3v) is 2.28. The number of hydrogen-bond acceptors (Lipinski definition) is 5. The lowest BCUT2D eigenvalue weighted by molar-refractivity contribution is 0.0903. The van der Waals surface area contributed by atoms with Crippen LogP contribution in [0.4, 0.5) is 0 Å². The number of ether oxygens (including phenoxy) is 1. The average molecular weight is 232 g/mol. The Balaban J connectivity index is 1.91. The van der Waals surface area contributed by atoms with Crippen LogP contribution in [0.25, 0.3) is 0 Å². The van der Waals surface area contributed by atoms with Crippen molar-refractivity contribution in [1.82, 2.24) is 19.5 Å². The van der Waals surface area contributed by atoms with E-state index in [2.05, 4.69) is 15.0 Å². The molecule has 0 aliphatic heterocycles. The van der Waals surface area contributed by atoms with E-state index in [0.29, 0.717) is 18.9 Å². The van der Waals surface area contributed by atoms with Crippen molar-refractivity contribution in [1.29, 1.82) is 0 Å². The van der Waals surface area contributed by atoms with Gasteiger partial charge in [-0.15, -0.1) is 0 Å². The Morgan fingerprint density at radius 3 is 2.76 bits per heavy atom. The van der Waals surface area contributed by atoms with Gasteiger partial charge >= 0.3 is 6.01 Å². The van der Waals surface area contributed by atoms with Gasteiger partial charge in [0.05, 0.1) is 7.11 Å². The molecule has 17 heavy (non-hydrogen) atoms. The van der Waals surface area contributed by atoms with Gasteiger partial charge in [-0.2, -0.15) is 0 Å². The molecule has 0 saturated carbocycles. The lowest BCUT2D eigenvalue weighted by atomic mass is 10.2. The number of carbonyl (C=O) groups excluding carboxylic acids is 1. The fourth-order valence-corrected chi connectivity index (χ4v) is 1.36. The predicted octanol–water partition coefficient (Wildman–Crippen LogP) is 0.955. The fraction of sp³-hybridized carbons (Fsp3) is 0.273. The molecule has 88 valence electrons. The largest absolute Gasteiger partial charge is 0.467 e. The third-order valence-electron chi connectivity index (χ3n) is 2.28. The number of hydrogen-bond donors (Lipinski definition) is 0. The molecule has 0 N–H and O–H groups in total. The van der Waals surface area contributed by atoms with E-state index in [1.54, 1.807) is 24.8 Å². The monoisotopic (exact) mass is 232 g/mol. The molecule has 0 saturated heterocycles. The van der Waals surface area contributed by atoms with Crippen LogP contribution in [0.2, 0.25) is 0 Å². The number of nitrogens with zero attached hydrogens (tertiary/aromatic N) is 4. The van der Waals surface area contributed by atoms with Crippen molar-refractivity contribution in [3.8, 4) is 6.01 Å². The van der Waals surface area contributed by atoms with Crippen LogP contribution in [0, 0.1) is 0 Å². The summed E-state index contributed by atoms with van der Waals surface area (Å²) in [5, 5.41) is 0. The van der Waals surface area contributed by atoms with Crippen LogP contribution in [0.15, 0.2) is 31.1 Å². The summed E-state index contributed by atoms with van der Waals surface area (Å²) in [6, 6.07) is 0.328. The molecular formula is C11H12N4O2. The molecule has 0 aromatic carbocycles. The maximum Gasteiger partial charge on any atom is 0.316 e. The second-order valence-electron chi connectivity index (χ2n) is 3.44. The van der Waals surface area contributed by atoms with Crippen LogP contribution in [-0.4, -0.2) is 32.5 Å². The molecule has 0 unspecified atom stereocenters. The molecule has 6 nitrogen and oxygen atoms in total. The minimum atomic E-state index is -0.00156. The highest BCUT2D eigenvalue weighted by Crippen LogP contribution is 2.05. The van der Waals surface area contributed by atoms with Crippen molar-refractivity contribution in [3.05, 3.63) is 36.7 Å². The highest BCUT2D eigenvalue weighted by Gasteiger charge is 2.05. The molecule has 0 radical (unpaired) electrons. The van der Waals surface area contributed by atoms with Gasteiger partial charge in [0.2, 0.25) is 5.91 Å². The van der Waals surface area contributed by atoms with E-state index in [9.17, 15) is 4.79 Å². The van der Waals surface area contributed by atoms with E-state index in [0.717, 1.165) is 5.56 Å². The summed E-state index contributed by atoms with van der Waals surface area (Å²) in [7, 11) is 1.51. The number of aromatic nitrogens is 4. The summed E-state index contributed by atoms with van der Waals surface area (Å²) in [4.78, 5) is 23.4. The zero-order chi connectivity index (χ0) is 12.1. The number of rotatable bonds is 4. The molecule has 6 heteroatoms. The van der Waals surface area contributed by atoms with Crippen LogP contribution in [0.1, 0.15) is 16.8 Å². The van der Waals surface area contributed by atoms with E-state index in [-0.39, 0.29) is 5.91 Å². The summed E-state index contributed by atoms with van der Waals surface area (Å²) >= 11 is 0. The Morgan fingerprint density at radius 2 is 2.18 bits per heavy atom.